The Labute approximate surface area is 168 Å². The summed E-state index contributed by atoms with van der Waals surface area (Å²) in [5.41, 5.74) is 8.39. The lowest BCUT2D eigenvalue weighted by molar-refractivity contribution is -0.119. The number of carbonyl (C=O) groups excluding carboxylic acids is 1. The highest BCUT2D eigenvalue weighted by Crippen LogP contribution is 2.27. The summed E-state index contributed by atoms with van der Waals surface area (Å²) in [5, 5.41) is 2.92. The van der Waals surface area contributed by atoms with E-state index in [-0.39, 0.29) is 11.7 Å². The SMILES string of the molecule is CC(C)C[C@@H](C(N)=O)N(Cc1csc(-c2ccccc2)n1)c1ccc(F)cc1. The quantitative estimate of drug-likeness (QED) is 0.591. The second-order valence-electron chi connectivity index (χ2n) is 7.16. The maximum Gasteiger partial charge on any atom is 0.240 e. The molecule has 0 aliphatic rings. The van der Waals surface area contributed by atoms with Gasteiger partial charge in [0.2, 0.25) is 5.91 Å². The van der Waals surface area contributed by atoms with Gasteiger partial charge in [0.1, 0.15) is 16.9 Å². The third-order valence-electron chi connectivity index (χ3n) is 4.46. The molecule has 1 atom stereocenters. The van der Waals surface area contributed by atoms with Crippen molar-refractivity contribution in [2.24, 2.45) is 11.7 Å². The molecule has 28 heavy (non-hydrogen) atoms. The lowest BCUT2D eigenvalue weighted by atomic mass is 10.0. The summed E-state index contributed by atoms with van der Waals surface area (Å²) in [6.07, 6.45) is 0.613. The van der Waals surface area contributed by atoms with Crippen LogP contribution in [0.2, 0.25) is 0 Å². The van der Waals surface area contributed by atoms with Gasteiger partial charge in [-0.05, 0) is 36.6 Å². The number of thiazole rings is 1. The Morgan fingerprint density at radius 3 is 2.43 bits per heavy atom. The van der Waals surface area contributed by atoms with Gasteiger partial charge < -0.3 is 10.6 Å². The summed E-state index contributed by atoms with van der Waals surface area (Å²) in [5.74, 6) is -0.421. The van der Waals surface area contributed by atoms with E-state index in [0.717, 1.165) is 22.0 Å². The van der Waals surface area contributed by atoms with E-state index in [9.17, 15) is 9.18 Å². The zero-order valence-electron chi connectivity index (χ0n) is 16.0. The van der Waals surface area contributed by atoms with Crippen molar-refractivity contribution in [1.29, 1.82) is 0 Å². The molecule has 146 valence electrons. The Hall–Kier alpha value is -2.73. The summed E-state index contributed by atoms with van der Waals surface area (Å²) < 4.78 is 13.4. The average Bonchev–Trinajstić information content (AvgIpc) is 3.14. The van der Waals surface area contributed by atoms with E-state index < -0.39 is 11.9 Å². The summed E-state index contributed by atoms with van der Waals surface area (Å²) >= 11 is 1.56. The molecule has 6 heteroatoms. The molecule has 1 aromatic heterocycles. The van der Waals surface area contributed by atoms with Crippen molar-refractivity contribution in [1.82, 2.24) is 4.98 Å². The van der Waals surface area contributed by atoms with Crippen molar-refractivity contribution in [3.8, 4) is 10.6 Å². The smallest absolute Gasteiger partial charge is 0.240 e. The van der Waals surface area contributed by atoms with Crippen LogP contribution in [0.5, 0.6) is 0 Å². The van der Waals surface area contributed by atoms with Crippen molar-refractivity contribution in [2.75, 3.05) is 4.90 Å². The molecule has 0 bridgehead atoms. The number of rotatable bonds is 8. The molecule has 0 fully saturated rings. The molecule has 0 radical (unpaired) electrons. The van der Waals surface area contributed by atoms with Gasteiger partial charge in [-0.25, -0.2) is 9.37 Å². The summed E-state index contributed by atoms with van der Waals surface area (Å²) in [7, 11) is 0. The number of aromatic nitrogens is 1. The predicted octanol–water partition coefficient (Wildman–Crippen LogP) is 4.86. The summed E-state index contributed by atoms with van der Waals surface area (Å²) in [4.78, 5) is 18.9. The van der Waals surface area contributed by atoms with Crippen LogP contribution in [0.25, 0.3) is 10.6 Å². The van der Waals surface area contributed by atoms with Gasteiger partial charge in [-0.1, -0.05) is 44.2 Å². The molecule has 3 rings (SSSR count). The first-order chi connectivity index (χ1) is 13.4. The minimum Gasteiger partial charge on any atom is -0.368 e. The third kappa shape index (κ3) is 4.95. The van der Waals surface area contributed by atoms with Crippen LogP contribution in [-0.4, -0.2) is 16.9 Å². The van der Waals surface area contributed by atoms with Crippen LogP contribution in [0.15, 0.2) is 60.0 Å². The highest BCUT2D eigenvalue weighted by atomic mass is 32.1. The molecule has 4 nitrogen and oxygen atoms in total. The standard InChI is InChI=1S/C22H24FN3OS/c1-15(2)12-20(21(24)27)26(19-10-8-17(23)9-11-19)13-18-14-28-22(25-18)16-6-4-3-5-7-16/h3-11,14-15,20H,12-13H2,1-2H3,(H2,24,27)/t20-/m0/s1. The van der Waals surface area contributed by atoms with Crippen LogP contribution in [0, 0.1) is 11.7 Å². The maximum absolute atomic E-state index is 13.4. The van der Waals surface area contributed by atoms with Gasteiger partial charge in [-0.3, -0.25) is 4.79 Å². The van der Waals surface area contributed by atoms with Crippen LogP contribution in [0.1, 0.15) is 26.0 Å². The molecule has 0 spiro atoms. The second kappa shape index (κ2) is 8.97. The maximum atomic E-state index is 13.4. The minimum absolute atomic E-state index is 0.288. The largest absolute Gasteiger partial charge is 0.368 e. The van der Waals surface area contributed by atoms with Gasteiger partial charge in [-0.15, -0.1) is 11.3 Å². The minimum atomic E-state index is -0.493. The van der Waals surface area contributed by atoms with E-state index in [1.54, 1.807) is 23.5 Å². The van der Waals surface area contributed by atoms with Gasteiger partial charge in [0.05, 0.1) is 12.2 Å². The molecule has 0 saturated carbocycles. The molecule has 0 saturated heterocycles. The first-order valence-electron chi connectivity index (χ1n) is 9.25. The molecule has 0 aliphatic carbocycles. The Morgan fingerprint density at radius 2 is 1.82 bits per heavy atom. The molecule has 0 aliphatic heterocycles. The molecular formula is C22H24FN3OS. The number of carbonyl (C=O) groups is 1. The molecular weight excluding hydrogens is 373 g/mol. The molecule has 1 amide bonds. The van der Waals surface area contributed by atoms with Crippen LogP contribution >= 0.6 is 11.3 Å². The number of halogens is 1. The second-order valence-corrected chi connectivity index (χ2v) is 8.02. The Balaban J connectivity index is 1.91. The monoisotopic (exact) mass is 397 g/mol. The number of benzene rings is 2. The van der Waals surface area contributed by atoms with Crippen molar-refractivity contribution in [3.05, 3.63) is 71.5 Å². The Bertz CT molecular complexity index is 909. The molecule has 0 unspecified atom stereocenters. The Kier molecular flexibility index (Phi) is 6.41. The normalized spacial score (nSPS) is 12.1. The molecule has 1 heterocycles. The van der Waals surface area contributed by atoms with E-state index in [0.29, 0.717) is 13.0 Å². The van der Waals surface area contributed by atoms with Gasteiger partial charge in [0.15, 0.2) is 0 Å². The van der Waals surface area contributed by atoms with Crippen LogP contribution < -0.4 is 10.6 Å². The fraction of sp³-hybridized carbons (Fsp3) is 0.273. The fourth-order valence-corrected chi connectivity index (χ4v) is 3.94. The van der Waals surface area contributed by atoms with Crippen molar-refractivity contribution >= 4 is 22.9 Å². The van der Waals surface area contributed by atoms with Crippen LogP contribution in [0.4, 0.5) is 10.1 Å². The zero-order valence-corrected chi connectivity index (χ0v) is 16.8. The lowest BCUT2D eigenvalue weighted by Crippen LogP contribution is -2.45. The van der Waals surface area contributed by atoms with Gasteiger partial charge in [0, 0.05) is 16.6 Å². The summed E-state index contributed by atoms with van der Waals surface area (Å²) in [6, 6.07) is 15.6. The molecule has 3 aromatic rings. The van der Waals surface area contributed by atoms with Crippen molar-refractivity contribution in [2.45, 2.75) is 32.9 Å². The summed E-state index contributed by atoms with van der Waals surface area (Å²) in [6.45, 7) is 4.53. The number of primary amides is 1. The average molecular weight is 398 g/mol. The topological polar surface area (TPSA) is 59.2 Å². The van der Waals surface area contributed by atoms with Crippen molar-refractivity contribution < 1.29 is 9.18 Å². The highest BCUT2D eigenvalue weighted by Gasteiger charge is 2.26. The molecule has 2 aromatic carbocycles. The van der Waals surface area contributed by atoms with Gasteiger partial charge in [0.25, 0.3) is 0 Å². The van der Waals surface area contributed by atoms with Crippen molar-refractivity contribution in [3.63, 3.8) is 0 Å². The van der Waals surface area contributed by atoms with E-state index in [1.165, 1.54) is 12.1 Å². The predicted molar refractivity (Wildman–Crippen MR) is 113 cm³/mol. The van der Waals surface area contributed by atoms with Gasteiger partial charge in [-0.2, -0.15) is 0 Å². The van der Waals surface area contributed by atoms with E-state index in [1.807, 2.05) is 40.6 Å². The number of hydrogen-bond donors (Lipinski definition) is 1. The zero-order chi connectivity index (χ0) is 20.1. The lowest BCUT2D eigenvalue weighted by Gasteiger charge is -2.32. The fourth-order valence-electron chi connectivity index (χ4n) is 3.12. The third-order valence-corrected chi connectivity index (χ3v) is 5.40. The Morgan fingerprint density at radius 1 is 1.14 bits per heavy atom. The number of amides is 1. The van der Waals surface area contributed by atoms with Crippen LogP contribution in [-0.2, 0) is 11.3 Å². The van der Waals surface area contributed by atoms with E-state index >= 15 is 0 Å². The molecule has 2 N–H and O–H groups in total. The first-order valence-corrected chi connectivity index (χ1v) is 10.1. The highest BCUT2D eigenvalue weighted by molar-refractivity contribution is 7.13. The van der Waals surface area contributed by atoms with Gasteiger partial charge >= 0.3 is 0 Å². The van der Waals surface area contributed by atoms with Crippen LogP contribution in [0.3, 0.4) is 0 Å². The van der Waals surface area contributed by atoms with E-state index in [2.05, 4.69) is 13.8 Å². The van der Waals surface area contributed by atoms with E-state index in [4.69, 9.17) is 10.7 Å². The number of nitrogens with two attached hydrogens (primary N) is 1. The number of nitrogens with zero attached hydrogens (tertiary/aromatic N) is 2. The number of anilines is 1. The first kappa shape index (κ1) is 20.0. The number of hydrogen-bond acceptors (Lipinski definition) is 4.